The molecule has 1 saturated carbocycles. The van der Waals surface area contributed by atoms with E-state index in [0.29, 0.717) is 17.7 Å². The molecular formula is C15H23N3O. The van der Waals surface area contributed by atoms with Crippen LogP contribution in [0, 0.1) is 5.92 Å². The first-order valence-corrected chi connectivity index (χ1v) is 7.21. The summed E-state index contributed by atoms with van der Waals surface area (Å²) < 4.78 is 0. The quantitative estimate of drug-likeness (QED) is 0.876. The van der Waals surface area contributed by atoms with E-state index >= 15 is 0 Å². The third-order valence-electron chi connectivity index (χ3n) is 3.61. The Kier molecular flexibility index (Phi) is 4.77. The van der Waals surface area contributed by atoms with Crippen molar-refractivity contribution in [1.29, 1.82) is 0 Å². The minimum Gasteiger partial charge on any atom is -0.370 e. The number of nitrogens with zero attached hydrogens (tertiary/aromatic N) is 1. The van der Waals surface area contributed by atoms with E-state index in [-0.39, 0.29) is 5.91 Å². The van der Waals surface area contributed by atoms with E-state index in [4.69, 9.17) is 0 Å². The van der Waals surface area contributed by atoms with Crippen LogP contribution in [0.3, 0.4) is 0 Å². The maximum absolute atomic E-state index is 12.2. The summed E-state index contributed by atoms with van der Waals surface area (Å²) in [7, 11) is 0. The highest BCUT2D eigenvalue weighted by Crippen LogP contribution is 2.23. The zero-order valence-corrected chi connectivity index (χ0v) is 11.8. The SMILES string of the molecule is CCNc1cccc(C(=O)NC2CCCC(C)C2)n1. The Balaban J connectivity index is 1.97. The zero-order chi connectivity index (χ0) is 13.7. The second-order valence-corrected chi connectivity index (χ2v) is 5.38. The van der Waals surface area contributed by atoms with Gasteiger partial charge < -0.3 is 10.6 Å². The number of nitrogens with one attached hydrogen (secondary N) is 2. The number of rotatable bonds is 4. The van der Waals surface area contributed by atoms with E-state index in [1.54, 1.807) is 6.07 Å². The maximum Gasteiger partial charge on any atom is 0.270 e. The zero-order valence-electron chi connectivity index (χ0n) is 11.8. The van der Waals surface area contributed by atoms with Gasteiger partial charge >= 0.3 is 0 Å². The van der Waals surface area contributed by atoms with Gasteiger partial charge in [-0.25, -0.2) is 4.98 Å². The number of pyridine rings is 1. The highest BCUT2D eigenvalue weighted by Gasteiger charge is 2.21. The molecule has 0 aromatic carbocycles. The van der Waals surface area contributed by atoms with Crippen molar-refractivity contribution in [2.45, 2.75) is 45.6 Å². The van der Waals surface area contributed by atoms with Crippen molar-refractivity contribution < 1.29 is 4.79 Å². The van der Waals surface area contributed by atoms with Crippen LogP contribution in [0.1, 0.15) is 50.0 Å². The summed E-state index contributed by atoms with van der Waals surface area (Å²) in [6.07, 6.45) is 4.65. The van der Waals surface area contributed by atoms with Crippen molar-refractivity contribution in [2.75, 3.05) is 11.9 Å². The van der Waals surface area contributed by atoms with Crippen LogP contribution in [-0.2, 0) is 0 Å². The molecule has 19 heavy (non-hydrogen) atoms. The number of carbonyl (C=O) groups excluding carboxylic acids is 1. The van der Waals surface area contributed by atoms with Gasteiger partial charge in [-0.1, -0.05) is 25.8 Å². The summed E-state index contributed by atoms with van der Waals surface area (Å²) in [5.41, 5.74) is 0.497. The minimum absolute atomic E-state index is 0.0566. The summed E-state index contributed by atoms with van der Waals surface area (Å²) in [6.45, 7) is 5.07. The fourth-order valence-electron chi connectivity index (χ4n) is 2.67. The average molecular weight is 261 g/mol. The van der Waals surface area contributed by atoms with Crippen LogP contribution in [0.25, 0.3) is 0 Å². The van der Waals surface area contributed by atoms with Crippen LogP contribution in [0.2, 0.25) is 0 Å². The Hall–Kier alpha value is -1.58. The molecule has 1 heterocycles. The summed E-state index contributed by atoms with van der Waals surface area (Å²) in [5.74, 6) is 1.41. The number of carbonyl (C=O) groups is 1. The van der Waals surface area contributed by atoms with E-state index in [2.05, 4.69) is 22.5 Å². The van der Waals surface area contributed by atoms with Crippen molar-refractivity contribution >= 4 is 11.7 Å². The third-order valence-corrected chi connectivity index (χ3v) is 3.61. The molecule has 2 unspecified atom stereocenters. The molecular weight excluding hydrogens is 238 g/mol. The fraction of sp³-hybridized carbons (Fsp3) is 0.600. The molecule has 1 aliphatic carbocycles. The van der Waals surface area contributed by atoms with Gasteiger partial charge in [-0.3, -0.25) is 4.79 Å². The standard InChI is InChI=1S/C15H23N3O/c1-3-16-14-9-5-8-13(18-14)15(19)17-12-7-4-6-11(2)10-12/h5,8-9,11-12H,3-4,6-7,10H2,1-2H3,(H,16,18)(H,17,19). The maximum atomic E-state index is 12.2. The lowest BCUT2D eigenvalue weighted by Crippen LogP contribution is -2.38. The van der Waals surface area contributed by atoms with Gasteiger partial charge in [-0.15, -0.1) is 0 Å². The lowest BCUT2D eigenvalue weighted by Gasteiger charge is -2.27. The molecule has 2 atom stereocenters. The second kappa shape index (κ2) is 6.55. The largest absolute Gasteiger partial charge is 0.370 e. The van der Waals surface area contributed by atoms with Gasteiger partial charge in [0.2, 0.25) is 0 Å². The molecule has 2 N–H and O–H groups in total. The van der Waals surface area contributed by atoms with Gasteiger partial charge in [0.25, 0.3) is 5.91 Å². The van der Waals surface area contributed by atoms with Crippen LogP contribution in [0.4, 0.5) is 5.82 Å². The van der Waals surface area contributed by atoms with Crippen molar-refractivity contribution in [1.82, 2.24) is 10.3 Å². The predicted octanol–water partition coefficient (Wildman–Crippen LogP) is 2.82. The molecule has 104 valence electrons. The van der Waals surface area contributed by atoms with Gasteiger partial charge in [0.1, 0.15) is 11.5 Å². The Morgan fingerprint density at radius 1 is 1.42 bits per heavy atom. The molecule has 1 aromatic heterocycles. The number of amides is 1. The Bertz CT molecular complexity index is 433. The number of hydrogen-bond donors (Lipinski definition) is 2. The summed E-state index contributed by atoms with van der Waals surface area (Å²) in [4.78, 5) is 16.5. The van der Waals surface area contributed by atoms with E-state index < -0.39 is 0 Å². The molecule has 0 spiro atoms. The van der Waals surface area contributed by atoms with Crippen LogP contribution in [0.5, 0.6) is 0 Å². The van der Waals surface area contributed by atoms with Crippen LogP contribution >= 0.6 is 0 Å². The molecule has 1 aliphatic rings. The third kappa shape index (κ3) is 3.94. The molecule has 1 amide bonds. The number of hydrogen-bond acceptors (Lipinski definition) is 3. The van der Waals surface area contributed by atoms with E-state index in [9.17, 15) is 4.79 Å². The summed E-state index contributed by atoms with van der Waals surface area (Å²) >= 11 is 0. The van der Waals surface area contributed by atoms with Crippen molar-refractivity contribution in [3.63, 3.8) is 0 Å². The van der Waals surface area contributed by atoms with Crippen molar-refractivity contribution in [3.8, 4) is 0 Å². The normalized spacial score (nSPS) is 22.8. The highest BCUT2D eigenvalue weighted by molar-refractivity contribution is 5.92. The van der Waals surface area contributed by atoms with Crippen molar-refractivity contribution in [2.24, 2.45) is 5.92 Å². The Labute approximate surface area is 115 Å². The molecule has 1 aromatic rings. The topological polar surface area (TPSA) is 54.0 Å². The van der Waals surface area contributed by atoms with E-state index in [0.717, 1.165) is 25.2 Å². The second-order valence-electron chi connectivity index (χ2n) is 5.38. The predicted molar refractivity (Wildman–Crippen MR) is 77.3 cm³/mol. The van der Waals surface area contributed by atoms with Gasteiger partial charge in [0, 0.05) is 12.6 Å². The van der Waals surface area contributed by atoms with E-state index in [1.807, 2.05) is 19.1 Å². The number of anilines is 1. The molecule has 0 saturated heterocycles. The van der Waals surface area contributed by atoms with Crippen molar-refractivity contribution in [3.05, 3.63) is 23.9 Å². The lowest BCUT2D eigenvalue weighted by atomic mass is 9.87. The molecule has 4 heteroatoms. The molecule has 0 aliphatic heterocycles. The molecule has 1 fully saturated rings. The average Bonchev–Trinajstić information content (AvgIpc) is 2.39. The summed E-state index contributed by atoms with van der Waals surface area (Å²) in [5, 5.41) is 6.23. The fourth-order valence-corrected chi connectivity index (χ4v) is 2.67. The van der Waals surface area contributed by atoms with Crippen LogP contribution in [0.15, 0.2) is 18.2 Å². The molecule has 0 radical (unpaired) electrons. The van der Waals surface area contributed by atoms with Crippen LogP contribution in [-0.4, -0.2) is 23.5 Å². The molecule has 2 rings (SSSR count). The smallest absolute Gasteiger partial charge is 0.270 e. The van der Waals surface area contributed by atoms with Crippen LogP contribution < -0.4 is 10.6 Å². The van der Waals surface area contributed by atoms with Gasteiger partial charge in [0.05, 0.1) is 0 Å². The first kappa shape index (κ1) is 13.8. The first-order chi connectivity index (χ1) is 9.19. The van der Waals surface area contributed by atoms with Gasteiger partial charge in [-0.2, -0.15) is 0 Å². The molecule has 4 nitrogen and oxygen atoms in total. The first-order valence-electron chi connectivity index (χ1n) is 7.21. The van der Waals surface area contributed by atoms with Gasteiger partial charge in [-0.05, 0) is 37.8 Å². The number of aromatic nitrogens is 1. The minimum atomic E-state index is -0.0566. The Morgan fingerprint density at radius 3 is 3.00 bits per heavy atom. The van der Waals surface area contributed by atoms with E-state index in [1.165, 1.54) is 12.8 Å². The lowest BCUT2D eigenvalue weighted by molar-refractivity contribution is 0.0916. The highest BCUT2D eigenvalue weighted by atomic mass is 16.1. The summed E-state index contributed by atoms with van der Waals surface area (Å²) in [6, 6.07) is 5.82. The monoisotopic (exact) mass is 261 g/mol. The molecule has 0 bridgehead atoms. The Morgan fingerprint density at radius 2 is 2.26 bits per heavy atom. The van der Waals surface area contributed by atoms with Gasteiger partial charge in [0.15, 0.2) is 0 Å².